The number of sulfonamides is 1. The molecular weight excluding hydrogens is 402 g/mol. The number of carbonyl (C=O) groups excluding carboxylic acids is 2. The van der Waals surface area contributed by atoms with Crippen molar-refractivity contribution >= 4 is 21.8 Å². The zero-order valence-electron chi connectivity index (χ0n) is 18.2. The van der Waals surface area contributed by atoms with Crippen LogP contribution < -0.4 is 5.32 Å². The molecule has 0 aliphatic carbocycles. The first-order valence-corrected chi connectivity index (χ1v) is 12.3. The Kier molecular flexibility index (Phi) is 6.87. The van der Waals surface area contributed by atoms with E-state index in [-0.39, 0.29) is 17.4 Å². The van der Waals surface area contributed by atoms with Crippen LogP contribution in [0.4, 0.5) is 0 Å². The number of hydrogen-bond donors (Lipinski definition) is 1. The Bertz CT molecular complexity index is 876. The van der Waals surface area contributed by atoms with Crippen LogP contribution in [0, 0.1) is 0 Å². The van der Waals surface area contributed by atoms with Crippen LogP contribution in [-0.4, -0.2) is 61.2 Å². The van der Waals surface area contributed by atoms with E-state index >= 15 is 0 Å². The standard InChI is InChI=1S/C22H33N3O4S/c1-4-17(2)18-5-7-19(8-6-18)30(28,29)25-15-13-24(14-16-25)21(27)10-12-22(3)11-9-20(26)23-22/h5-8,17H,4,9-16H2,1-3H3,(H,23,26)/t17-,22-/m1/s1. The summed E-state index contributed by atoms with van der Waals surface area (Å²) in [5.41, 5.74) is 0.832. The highest BCUT2D eigenvalue weighted by molar-refractivity contribution is 7.89. The van der Waals surface area contributed by atoms with Crippen molar-refractivity contribution in [3.05, 3.63) is 29.8 Å². The van der Waals surface area contributed by atoms with E-state index in [0.29, 0.717) is 56.3 Å². The number of piperazine rings is 1. The Hall–Kier alpha value is -1.93. The first kappa shape index (κ1) is 22.7. The van der Waals surface area contributed by atoms with E-state index in [9.17, 15) is 18.0 Å². The van der Waals surface area contributed by atoms with Gasteiger partial charge in [0.2, 0.25) is 21.8 Å². The van der Waals surface area contributed by atoms with E-state index in [0.717, 1.165) is 18.4 Å². The molecule has 3 rings (SSSR count). The van der Waals surface area contributed by atoms with Crippen molar-refractivity contribution < 1.29 is 18.0 Å². The molecule has 30 heavy (non-hydrogen) atoms. The Morgan fingerprint density at radius 3 is 2.33 bits per heavy atom. The van der Waals surface area contributed by atoms with Crippen LogP contribution in [-0.2, 0) is 19.6 Å². The summed E-state index contributed by atoms with van der Waals surface area (Å²) in [7, 11) is -3.55. The SMILES string of the molecule is CC[C@@H](C)c1ccc(S(=O)(=O)N2CCN(C(=O)CC[C@@]3(C)CCC(=O)N3)CC2)cc1. The largest absolute Gasteiger partial charge is 0.351 e. The number of hydrogen-bond acceptors (Lipinski definition) is 4. The average Bonchev–Trinajstić information content (AvgIpc) is 3.10. The molecule has 2 aliphatic heterocycles. The van der Waals surface area contributed by atoms with E-state index in [4.69, 9.17) is 0 Å². The highest BCUT2D eigenvalue weighted by Crippen LogP contribution is 2.26. The molecule has 1 N–H and O–H groups in total. The zero-order chi connectivity index (χ0) is 21.9. The van der Waals surface area contributed by atoms with Gasteiger partial charge in [0.25, 0.3) is 0 Å². The third-order valence-electron chi connectivity index (χ3n) is 6.53. The van der Waals surface area contributed by atoms with Crippen molar-refractivity contribution in [2.45, 2.75) is 69.2 Å². The average molecular weight is 436 g/mol. The maximum absolute atomic E-state index is 13.0. The van der Waals surface area contributed by atoms with Crippen molar-refractivity contribution in [2.24, 2.45) is 0 Å². The normalized spacial score (nSPS) is 24.0. The lowest BCUT2D eigenvalue weighted by Gasteiger charge is -2.34. The number of nitrogens with one attached hydrogen (secondary N) is 1. The topological polar surface area (TPSA) is 86.8 Å². The Balaban J connectivity index is 1.54. The summed E-state index contributed by atoms with van der Waals surface area (Å²) in [5, 5.41) is 2.95. The summed E-state index contributed by atoms with van der Waals surface area (Å²) in [5.74, 6) is 0.462. The molecule has 1 aromatic carbocycles. The monoisotopic (exact) mass is 435 g/mol. The smallest absolute Gasteiger partial charge is 0.243 e. The van der Waals surface area contributed by atoms with Crippen LogP contribution in [0.3, 0.4) is 0 Å². The molecule has 8 heteroatoms. The van der Waals surface area contributed by atoms with Gasteiger partial charge in [-0.3, -0.25) is 9.59 Å². The molecule has 0 saturated carbocycles. The summed E-state index contributed by atoms with van der Waals surface area (Å²) in [6.07, 6.45) is 3.24. The Labute approximate surface area is 179 Å². The quantitative estimate of drug-likeness (QED) is 0.713. The zero-order valence-corrected chi connectivity index (χ0v) is 19.0. The molecule has 1 aromatic rings. The molecule has 2 heterocycles. The van der Waals surface area contributed by atoms with Crippen molar-refractivity contribution in [2.75, 3.05) is 26.2 Å². The number of rotatable bonds is 7. The number of carbonyl (C=O) groups is 2. The van der Waals surface area contributed by atoms with E-state index in [2.05, 4.69) is 19.2 Å². The minimum Gasteiger partial charge on any atom is -0.351 e. The fourth-order valence-corrected chi connectivity index (χ4v) is 5.53. The summed E-state index contributed by atoms with van der Waals surface area (Å²) < 4.78 is 27.4. The van der Waals surface area contributed by atoms with Crippen LogP contribution in [0.5, 0.6) is 0 Å². The first-order valence-electron chi connectivity index (χ1n) is 10.8. The molecule has 0 aromatic heterocycles. The van der Waals surface area contributed by atoms with Gasteiger partial charge in [-0.15, -0.1) is 0 Å². The number of nitrogens with zero attached hydrogens (tertiary/aromatic N) is 2. The highest BCUT2D eigenvalue weighted by atomic mass is 32.2. The Morgan fingerprint density at radius 1 is 1.17 bits per heavy atom. The molecule has 0 unspecified atom stereocenters. The molecule has 2 aliphatic rings. The molecule has 2 saturated heterocycles. The van der Waals surface area contributed by atoms with Gasteiger partial charge in [0.1, 0.15) is 0 Å². The van der Waals surface area contributed by atoms with E-state index in [1.807, 2.05) is 19.1 Å². The van der Waals surface area contributed by atoms with E-state index in [1.54, 1.807) is 17.0 Å². The Morgan fingerprint density at radius 2 is 1.80 bits per heavy atom. The number of amides is 2. The molecular formula is C22H33N3O4S. The van der Waals surface area contributed by atoms with E-state index < -0.39 is 10.0 Å². The van der Waals surface area contributed by atoms with Crippen LogP contribution >= 0.6 is 0 Å². The van der Waals surface area contributed by atoms with Crippen molar-refractivity contribution in [3.8, 4) is 0 Å². The lowest BCUT2D eigenvalue weighted by atomic mass is 9.94. The lowest BCUT2D eigenvalue weighted by molar-refractivity contribution is -0.133. The minimum absolute atomic E-state index is 0.0207. The molecule has 7 nitrogen and oxygen atoms in total. The maximum Gasteiger partial charge on any atom is 0.243 e. The van der Waals surface area contributed by atoms with Gasteiger partial charge in [-0.25, -0.2) is 8.42 Å². The molecule has 2 amide bonds. The van der Waals surface area contributed by atoms with Gasteiger partial charge in [-0.1, -0.05) is 26.0 Å². The summed E-state index contributed by atoms with van der Waals surface area (Å²) in [6.45, 7) is 7.60. The maximum atomic E-state index is 13.0. The highest BCUT2D eigenvalue weighted by Gasteiger charge is 2.35. The van der Waals surface area contributed by atoms with Gasteiger partial charge in [-0.05, 0) is 49.8 Å². The predicted octanol–water partition coefficient (Wildman–Crippen LogP) is 2.48. The minimum atomic E-state index is -3.55. The van der Waals surface area contributed by atoms with Crippen LogP contribution in [0.2, 0.25) is 0 Å². The summed E-state index contributed by atoms with van der Waals surface area (Å²) >= 11 is 0. The van der Waals surface area contributed by atoms with Crippen LogP contribution in [0.25, 0.3) is 0 Å². The molecule has 166 valence electrons. The lowest BCUT2D eigenvalue weighted by Crippen LogP contribution is -2.51. The summed E-state index contributed by atoms with van der Waals surface area (Å²) in [6, 6.07) is 7.16. The summed E-state index contributed by atoms with van der Waals surface area (Å²) in [4.78, 5) is 26.1. The first-order chi connectivity index (χ1) is 14.1. The molecule has 2 fully saturated rings. The fourth-order valence-electron chi connectivity index (χ4n) is 4.11. The number of benzene rings is 1. The van der Waals surface area contributed by atoms with Crippen molar-refractivity contribution in [1.82, 2.24) is 14.5 Å². The third kappa shape index (κ3) is 5.03. The van der Waals surface area contributed by atoms with Gasteiger partial charge in [0.15, 0.2) is 0 Å². The van der Waals surface area contributed by atoms with Gasteiger partial charge >= 0.3 is 0 Å². The molecule has 0 bridgehead atoms. The fraction of sp³-hybridized carbons (Fsp3) is 0.636. The predicted molar refractivity (Wildman–Crippen MR) is 116 cm³/mol. The third-order valence-corrected chi connectivity index (χ3v) is 8.44. The molecule has 2 atom stereocenters. The van der Waals surface area contributed by atoms with Crippen LogP contribution in [0.1, 0.15) is 64.4 Å². The van der Waals surface area contributed by atoms with Gasteiger partial charge in [0, 0.05) is 44.6 Å². The second kappa shape index (κ2) is 9.06. The molecule has 0 radical (unpaired) electrons. The molecule has 0 spiro atoms. The van der Waals surface area contributed by atoms with Crippen LogP contribution in [0.15, 0.2) is 29.2 Å². The van der Waals surface area contributed by atoms with Crippen molar-refractivity contribution in [1.29, 1.82) is 0 Å². The van der Waals surface area contributed by atoms with E-state index in [1.165, 1.54) is 4.31 Å². The van der Waals surface area contributed by atoms with Crippen molar-refractivity contribution in [3.63, 3.8) is 0 Å². The second-order valence-corrected chi connectivity index (χ2v) is 10.7. The second-order valence-electron chi connectivity index (χ2n) is 8.77. The van der Waals surface area contributed by atoms with Gasteiger partial charge < -0.3 is 10.2 Å². The van der Waals surface area contributed by atoms with Gasteiger partial charge in [0.05, 0.1) is 4.90 Å². The van der Waals surface area contributed by atoms with Gasteiger partial charge in [-0.2, -0.15) is 4.31 Å².